The van der Waals surface area contributed by atoms with Gasteiger partial charge in [0.15, 0.2) is 0 Å². The van der Waals surface area contributed by atoms with Crippen molar-refractivity contribution in [2.75, 3.05) is 7.11 Å². The molecule has 0 aliphatic heterocycles. The van der Waals surface area contributed by atoms with Crippen LogP contribution in [0.5, 0.6) is 0 Å². The second-order valence-corrected chi connectivity index (χ2v) is 3.91. The van der Waals surface area contributed by atoms with E-state index in [1.807, 2.05) is 0 Å². The molecule has 0 aromatic rings. The zero-order valence-corrected chi connectivity index (χ0v) is 9.58. The van der Waals surface area contributed by atoms with Crippen LogP contribution in [0.25, 0.3) is 0 Å². The van der Waals surface area contributed by atoms with Gasteiger partial charge in [-0.3, -0.25) is 4.79 Å². The maximum atomic E-state index is 10.7. The molecule has 2 nitrogen and oxygen atoms in total. The highest BCUT2D eigenvalue weighted by atomic mass is 16.5. The van der Waals surface area contributed by atoms with Gasteiger partial charge >= 0.3 is 5.97 Å². The fourth-order valence-corrected chi connectivity index (χ4v) is 1.18. The summed E-state index contributed by atoms with van der Waals surface area (Å²) in [7, 11) is 1.43. The Balaban J connectivity index is 3.24. The lowest BCUT2D eigenvalue weighted by Gasteiger charge is -2.00. The van der Waals surface area contributed by atoms with E-state index in [2.05, 4.69) is 30.7 Å². The lowest BCUT2D eigenvalue weighted by molar-refractivity contribution is -0.140. The van der Waals surface area contributed by atoms with E-state index in [1.54, 1.807) is 0 Å². The largest absolute Gasteiger partial charge is 0.469 e. The number of hydrogen-bond donors (Lipinski definition) is 0. The minimum absolute atomic E-state index is 0.128. The summed E-state index contributed by atoms with van der Waals surface area (Å²) in [4.78, 5) is 10.7. The number of carbonyl (C=O) groups is 1. The van der Waals surface area contributed by atoms with E-state index in [1.165, 1.54) is 20.0 Å². The van der Waals surface area contributed by atoms with Gasteiger partial charge in [-0.2, -0.15) is 0 Å². The molecule has 0 aromatic heterocycles. The number of ether oxygens (including phenoxy) is 1. The molecule has 14 heavy (non-hydrogen) atoms. The van der Waals surface area contributed by atoms with Gasteiger partial charge in [0.1, 0.15) is 0 Å². The molecule has 82 valence electrons. The molecule has 0 aromatic carbocycles. The molecular formula is C12H22O2. The van der Waals surface area contributed by atoms with Crippen molar-refractivity contribution >= 4 is 5.97 Å². The number of rotatable bonds is 7. The summed E-state index contributed by atoms with van der Waals surface area (Å²) in [6.45, 7) is 4.47. The topological polar surface area (TPSA) is 26.3 Å². The molecule has 0 radical (unpaired) electrons. The Kier molecular flexibility index (Phi) is 8.30. The molecule has 0 fully saturated rings. The van der Waals surface area contributed by atoms with Gasteiger partial charge in [-0.1, -0.05) is 32.4 Å². The second-order valence-electron chi connectivity index (χ2n) is 3.91. The summed E-state index contributed by atoms with van der Waals surface area (Å²) in [6.07, 6.45) is 9.17. The number of methoxy groups -OCH3 is 1. The van der Waals surface area contributed by atoms with Crippen molar-refractivity contribution in [3.8, 4) is 0 Å². The number of allylic oxidation sites excluding steroid dienone is 2. The van der Waals surface area contributed by atoms with Crippen molar-refractivity contribution in [1.82, 2.24) is 0 Å². The third-order valence-electron chi connectivity index (χ3n) is 2.06. The van der Waals surface area contributed by atoms with Crippen LogP contribution >= 0.6 is 0 Å². The summed E-state index contributed by atoms with van der Waals surface area (Å²) in [6, 6.07) is 0. The van der Waals surface area contributed by atoms with E-state index in [4.69, 9.17) is 0 Å². The molecule has 0 aliphatic rings. The van der Waals surface area contributed by atoms with E-state index < -0.39 is 0 Å². The zero-order chi connectivity index (χ0) is 10.8. The Morgan fingerprint density at radius 1 is 1.29 bits per heavy atom. The molecule has 0 atom stereocenters. The maximum Gasteiger partial charge on any atom is 0.305 e. The number of carbonyl (C=O) groups excluding carboxylic acids is 1. The third-order valence-corrected chi connectivity index (χ3v) is 2.06. The average molecular weight is 198 g/mol. The lowest BCUT2D eigenvalue weighted by Crippen LogP contribution is -1.97. The van der Waals surface area contributed by atoms with Gasteiger partial charge in [-0.15, -0.1) is 0 Å². The first-order chi connectivity index (χ1) is 6.66. The lowest BCUT2D eigenvalue weighted by atomic mass is 10.1. The van der Waals surface area contributed by atoms with Crippen molar-refractivity contribution < 1.29 is 9.53 Å². The van der Waals surface area contributed by atoms with Gasteiger partial charge in [0.2, 0.25) is 0 Å². The highest BCUT2D eigenvalue weighted by molar-refractivity contribution is 5.69. The molecule has 0 bridgehead atoms. The Bertz CT molecular complexity index is 171. The van der Waals surface area contributed by atoms with Crippen LogP contribution in [0.15, 0.2) is 12.2 Å². The maximum absolute atomic E-state index is 10.7. The Hall–Kier alpha value is -0.790. The standard InChI is InChI=1S/C12H22O2/c1-11(2)9-7-5-4-6-8-10-12(13)14-3/h4,6,11H,5,7-10H2,1-3H3/b6-4+. The minimum atomic E-state index is -0.128. The highest BCUT2D eigenvalue weighted by Crippen LogP contribution is 2.06. The van der Waals surface area contributed by atoms with Crippen LogP contribution in [-0.4, -0.2) is 13.1 Å². The molecule has 0 saturated heterocycles. The van der Waals surface area contributed by atoms with Gasteiger partial charge in [-0.05, 0) is 25.2 Å². The quantitative estimate of drug-likeness (QED) is 0.356. The summed E-state index contributed by atoms with van der Waals surface area (Å²) in [5, 5.41) is 0. The van der Waals surface area contributed by atoms with E-state index in [-0.39, 0.29) is 5.97 Å². The van der Waals surface area contributed by atoms with Crippen LogP contribution in [-0.2, 0) is 9.53 Å². The first kappa shape index (κ1) is 13.2. The number of hydrogen-bond acceptors (Lipinski definition) is 2. The Labute approximate surface area is 87.3 Å². The summed E-state index contributed by atoms with van der Waals surface area (Å²) < 4.78 is 4.54. The van der Waals surface area contributed by atoms with Crippen LogP contribution in [0.3, 0.4) is 0 Å². The van der Waals surface area contributed by atoms with Crippen molar-refractivity contribution in [3.05, 3.63) is 12.2 Å². The summed E-state index contributed by atoms with van der Waals surface area (Å²) in [5.74, 6) is 0.662. The molecule has 0 rings (SSSR count). The predicted octanol–water partition coefficient (Wildman–Crippen LogP) is 3.32. The Morgan fingerprint density at radius 3 is 2.50 bits per heavy atom. The number of esters is 1. The highest BCUT2D eigenvalue weighted by Gasteiger charge is 1.95. The molecule has 0 unspecified atom stereocenters. The zero-order valence-electron chi connectivity index (χ0n) is 9.58. The van der Waals surface area contributed by atoms with Gasteiger partial charge in [-0.25, -0.2) is 0 Å². The van der Waals surface area contributed by atoms with E-state index >= 15 is 0 Å². The van der Waals surface area contributed by atoms with Crippen molar-refractivity contribution in [2.24, 2.45) is 5.92 Å². The predicted molar refractivity (Wildman–Crippen MR) is 59.1 cm³/mol. The van der Waals surface area contributed by atoms with E-state index in [0.717, 1.165) is 18.8 Å². The van der Waals surface area contributed by atoms with E-state index in [0.29, 0.717) is 6.42 Å². The first-order valence-corrected chi connectivity index (χ1v) is 5.38. The SMILES string of the molecule is COC(=O)CC/C=C/CCCC(C)C. The smallest absolute Gasteiger partial charge is 0.305 e. The van der Waals surface area contributed by atoms with Crippen molar-refractivity contribution in [1.29, 1.82) is 0 Å². The van der Waals surface area contributed by atoms with Crippen molar-refractivity contribution in [2.45, 2.75) is 46.0 Å². The van der Waals surface area contributed by atoms with Crippen LogP contribution < -0.4 is 0 Å². The summed E-state index contributed by atoms with van der Waals surface area (Å²) >= 11 is 0. The normalized spacial score (nSPS) is 11.1. The molecule has 0 N–H and O–H groups in total. The first-order valence-electron chi connectivity index (χ1n) is 5.38. The molecule has 2 heteroatoms. The van der Waals surface area contributed by atoms with Gasteiger partial charge in [0, 0.05) is 6.42 Å². The van der Waals surface area contributed by atoms with Crippen LogP contribution in [0.1, 0.15) is 46.0 Å². The fourth-order valence-electron chi connectivity index (χ4n) is 1.18. The molecule has 0 saturated carbocycles. The average Bonchev–Trinajstić information content (AvgIpc) is 2.15. The van der Waals surface area contributed by atoms with Crippen LogP contribution in [0, 0.1) is 5.92 Å². The van der Waals surface area contributed by atoms with E-state index in [9.17, 15) is 4.79 Å². The third kappa shape index (κ3) is 9.30. The second kappa shape index (κ2) is 8.79. The number of unbranched alkanes of at least 4 members (excludes halogenated alkanes) is 1. The van der Waals surface area contributed by atoms with Crippen molar-refractivity contribution in [3.63, 3.8) is 0 Å². The minimum Gasteiger partial charge on any atom is -0.469 e. The fraction of sp³-hybridized carbons (Fsp3) is 0.750. The molecule has 0 spiro atoms. The molecule has 0 amide bonds. The molecule has 0 heterocycles. The molecular weight excluding hydrogens is 176 g/mol. The van der Waals surface area contributed by atoms with Crippen LogP contribution in [0.2, 0.25) is 0 Å². The summed E-state index contributed by atoms with van der Waals surface area (Å²) in [5.41, 5.74) is 0. The van der Waals surface area contributed by atoms with Crippen LogP contribution in [0.4, 0.5) is 0 Å². The Morgan fingerprint density at radius 2 is 1.93 bits per heavy atom. The monoisotopic (exact) mass is 198 g/mol. The van der Waals surface area contributed by atoms with Gasteiger partial charge < -0.3 is 4.74 Å². The molecule has 0 aliphatic carbocycles. The van der Waals surface area contributed by atoms with Gasteiger partial charge in [0.25, 0.3) is 0 Å². The van der Waals surface area contributed by atoms with Gasteiger partial charge in [0.05, 0.1) is 7.11 Å².